The highest BCUT2D eigenvalue weighted by Gasteiger charge is 2.26. The molecule has 0 saturated carbocycles. The highest BCUT2D eigenvalue weighted by molar-refractivity contribution is 7.89. The van der Waals surface area contributed by atoms with E-state index in [-0.39, 0.29) is 0 Å². The third-order valence-electron chi connectivity index (χ3n) is 6.06. The molecule has 31 heavy (non-hydrogen) atoms. The summed E-state index contributed by atoms with van der Waals surface area (Å²) in [6.07, 6.45) is 4.12. The number of nitrogens with zero attached hydrogens (tertiary/aromatic N) is 1. The van der Waals surface area contributed by atoms with Crippen molar-refractivity contribution in [3.63, 3.8) is 0 Å². The van der Waals surface area contributed by atoms with Crippen LogP contribution < -0.4 is 0 Å². The summed E-state index contributed by atoms with van der Waals surface area (Å²) in [4.78, 5) is 0.332. The van der Waals surface area contributed by atoms with Crippen molar-refractivity contribution in [2.75, 3.05) is 26.3 Å². The second kappa shape index (κ2) is 8.42. The van der Waals surface area contributed by atoms with Gasteiger partial charge in [-0.2, -0.15) is 4.31 Å². The minimum atomic E-state index is -3.53. The molecule has 4 nitrogen and oxygen atoms in total. The first-order chi connectivity index (χ1) is 15.1. The van der Waals surface area contributed by atoms with E-state index in [0.29, 0.717) is 31.2 Å². The predicted octanol–water partition coefficient (Wildman–Crippen LogP) is 4.40. The van der Waals surface area contributed by atoms with Crippen molar-refractivity contribution in [2.24, 2.45) is 0 Å². The van der Waals surface area contributed by atoms with Gasteiger partial charge in [-0.15, -0.1) is 0 Å². The molecule has 1 fully saturated rings. The van der Waals surface area contributed by atoms with Gasteiger partial charge in [0.1, 0.15) is 0 Å². The number of sulfonamides is 1. The van der Waals surface area contributed by atoms with E-state index in [1.54, 1.807) is 12.1 Å². The maximum absolute atomic E-state index is 13.1. The molecule has 5 rings (SSSR count). The SMILES string of the molecule is O=S(=O)(c1cccc(C=C2c3ccccc3CCc3ccccc32)c1)N1CCOCC1. The molecule has 1 aliphatic carbocycles. The number of morpholine rings is 1. The van der Waals surface area contributed by atoms with E-state index >= 15 is 0 Å². The Balaban J connectivity index is 1.61. The van der Waals surface area contributed by atoms with Crippen molar-refractivity contribution in [1.82, 2.24) is 4.31 Å². The average Bonchev–Trinajstić information content (AvgIpc) is 2.97. The number of fused-ring (bicyclic) bond motifs is 2. The molecule has 0 aromatic heterocycles. The quantitative estimate of drug-likeness (QED) is 0.618. The van der Waals surface area contributed by atoms with Crippen LogP contribution >= 0.6 is 0 Å². The van der Waals surface area contributed by atoms with E-state index < -0.39 is 10.0 Å². The fraction of sp³-hybridized carbons (Fsp3) is 0.231. The number of aryl methyl sites for hydroxylation is 2. The van der Waals surface area contributed by atoms with Crippen molar-refractivity contribution in [3.05, 3.63) is 101 Å². The monoisotopic (exact) mass is 431 g/mol. The lowest BCUT2D eigenvalue weighted by Crippen LogP contribution is -2.40. The van der Waals surface area contributed by atoms with Gasteiger partial charge in [0.15, 0.2) is 0 Å². The summed E-state index contributed by atoms with van der Waals surface area (Å²) in [5.41, 5.74) is 7.10. The highest BCUT2D eigenvalue weighted by atomic mass is 32.2. The standard InChI is InChI=1S/C26H25NO3S/c28-31(29,27-14-16-30-17-15-27)23-9-5-6-20(18-23)19-26-24-10-3-1-7-21(24)12-13-22-8-2-4-11-25(22)26/h1-11,18-19H,12-17H2. The number of benzene rings is 3. The zero-order chi connectivity index (χ0) is 21.3. The lowest BCUT2D eigenvalue weighted by atomic mass is 9.92. The first-order valence-corrected chi connectivity index (χ1v) is 12.1. The van der Waals surface area contributed by atoms with E-state index in [1.165, 1.54) is 26.6 Å². The summed E-state index contributed by atoms with van der Waals surface area (Å²) in [5.74, 6) is 0. The van der Waals surface area contributed by atoms with Crippen LogP contribution in [0.25, 0.3) is 11.6 Å². The van der Waals surface area contributed by atoms with Gasteiger partial charge in [0.05, 0.1) is 18.1 Å². The van der Waals surface area contributed by atoms with Crippen LogP contribution in [0.3, 0.4) is 0 Å². The molecule has 0 unspecified atom stereocenters. The molecule has 158 valence electrons. The van der Waals surface area contributed by atoms with Gasteiger partial charge in [-0.05, 0) is 64.4 Å². The maximum atomic E-state index is 13.1. The second-order valence-corrected chi connectivity index (χ2v) is 9.90. The molecule has 1 aliphatic heterocycles. The summed E-state index contributed by atoms with van der Waals surface area (Å²) in [6.45, 7) is 1.68. The van der Waals surface area contributed by atoms with Crippen molar-refractivity contribution in [2.45, 2.75) is 17.7 Å². The normalized spacial score (nSPS) is 16.8. The van der Waals surface area contributed by atoms with E-state index in [4.69, 9.17) is 4.74 Å². The summed E-state index contributed by atoms with van der Waals surface area (Å²) < 4.78 is 33.1. The first-order valence-electron chi connectivity index (χ1n) is 10.7. The summed E-state index contributed by atoms with van der Waals surface area (Å²) in [7, 11) is -3.53. The fourth-order valence-corrected chi connectivity index (χ4v) is 5.90. The molecule has 0 amide bonds. The minimum Gasteiger partial charge on any atom is -0.379 e. The summed E-state index contributed by atoms with van der Waals surface area (Å²) in [6, 6.07) is 24.3. The summed E-state index contributed by atoms with van der Waals surface area (Å²) >= 11 is 0. The maximum Gasteiger partial charge on any atom is 0.243 e. The molecule has 0 spiro atoms. The van der Waals surface area contributed by atoms with Crippen LogP contribution in [0.2, 0.25) is 0 Å². The molecule has 0 bridgehead atoms. The lowest BCUT2D eigenvalue weighted by Gasteiger charge is -2.26. The molecule has 1 saturated heterocycles. The van der Waals surface area contributed by atoms with Crippen LogP contribution in [0, 0.1) is 0 Å². The predicted molar refractivity (Wildman–Crippen MR) is 123 cm³/mol. The highest BCUT2D eigenvalue weighted by Crippen LogP contribution is 2.35. The van der Waals surface area contributed by atoms with Crippen LogP contribution in [-0.4, -0.2) is 39.0 Å². The number of ether oxygens (including phenoxy) is 1. The average molecular weight is 432 g/mol. The molecule has 5 heteroatoms. The van der Waals surface area contributed by atoms with Gasteiger partial charge in [-0.25, -0.2) is 8.42 Å². The Kier molecular flexibility index (Phi) is 5.48. The Bertz CT molecular complexity index is 1190. The molecule has 1 heterocycles. The van der Waals surface area contributed by atoms with Crippen molar-refractivity contribution < 1.29 is 13.2 Å². The Morgan fingerprint density at radius 1 is 0.774 bits per heavy atom. The molecule has 0 N–H and O–H groups in total. The fourth-order valence-electron chi connectivity index (χ4n) is 4.44. The Morgan fingerprint density at radius 3 is 2.03 bits per heavy atom. The molecule has 3 aromatic carbocycles. The molecular formula is C26H25NO3S. The van der Waals surface area contributed by atoms with Gasteiger partial charge in [0.25, 0.3) is 0 Å². The van der Waals surface area contributed by atoms with Crippen molar-refractivity contribution in [1.29, 1.82) is 0 Å². The molecular weight excluding hydrogens is 406 g/mol. The largest absolute Gasteiger partial charge is 0.379 e. The van der Waals surface area contributed by atoms with E-state index in [9.17, 15) is 8.42 Å². The number of hydrogen-bond donors (Lipinski definition) is 0. The first kappa shape index (κ1) is 20.2. The van der Waals surface area contributed by atoms with Gasteiger partial charge < -0.3 is 4.74 Å². The second-order valence-electron chi connectivity index (χ2n) is 7.96. The third kappa shape index (κ3) is 3.97. The molecule has 0 atom stereocenters. The minimum absolute atomic E-state index is 0.332. The van der Waals surface area contributed by atoms with Gasteiger partial charge in [0, 0.05) is 13.1 Å². The van der Waals surface area contributed by atoms with Crippen LogP contribution in [0.15, 0.2) is 77.7 Å². The van der Waals surface area contributed by atoms with Crippen LogP contribution in [-0.2, 0) is 27.6 Å². The molecule has 3 aromatic rings. The zero-order valence-electron chi connectivity index (χ0n) is 17.3. The van der Waals surface area contributed by atoms with Gasteiger partial charge >= 0.3 is 0 Å². The van der Waals surface area contributed by atoms with Crippen molar-refractivity contribution in [3.8, 4) is 0 Å². The number of hydrogen-bond acceptors (Lipinski definition) is 3. The van der Waals surface area contributed by atoms with Crippen LogP contribution in [0.5, 0.6) is 0 Å². The Labute approximate surface area is 183 Å². The third-order valence-corrected chi connectivity index (χ3v) is 7.95. The lowest BCUT2D eigenvalue weighted by molar-refractivity contribution is 0.0730. The van der Waals surface area contributed by atoms with Gasteiger partial charge in [-0.1, -0.05) is 60.7 Å². The van der Waals surface area contributed by atoms with Crippen LogP contribution in [0.4, 0.5) is 0 Å². The van der Waals surface area contributed by atoms with Crippen LogP contribution in [0.1, 0.15) is 27.8 Å². The molecule has 2 aliphatic rings. The van der Waals surface area contributed by atoms with E-state index in [0.717, 1.165) is 24.0 Å². The Hall–Kier alpha value is -2.73. The topological polar surface area (TPSA) is 46.6 Å². The van der Waals surface area contributed by atoms with Gasteiger partial charge in [0.2, 0.25) is 10.0 Å². The van der Waals surface area contributed by atoms with Gasteiger partial charge in [-0.3, -0.25) is 0 Å². The summed E-state index contributed by atoms with van der Waals surface area (Å²) in [5, 5.41) is 0. The van der Waals surface area contributed by atoms with Crippen molar-refractivity contribution >= 4 is 21.7 Å². The smallest absolute Gasteiger partial charge is 0.243 e. The number of rotatable bonds is 3. The van der Waals surface area contributed by atoms with E-state index in [2.05, 4.69) is 54.6 Å². The zero-order valence-corrected chi connectivity index (χ0v) is 18.1. The van der Waals surface area contributed by atoms with E-state index in [1.807, 2.05) is 12.1 Å². The Morgan fingerprint density at radius 2 is 1.39 bits per heavy atom. The molecule has 0 radical (unpaired) electrons.